The number of hydrogen-bond acceptors (Lipinski definition) is 1. The Bertz CT molecular complexity index is 415. The van der Waals surface area contributed by atoms with Crippen LogP contribution in [0.5, 0.6) is 0 Å². The fourth-order valence-corrected chi connectivity index (χ4v) is 3.32. The first kappa shape index (κ1) is 14.5. The highest BCUT2D eigenvalue weighted by Gasteiger charge is 2.43. The lowest BCUT2D eigenvalue weighted by atomic mass is 9.66. The average molecular weight is 266 g/mol. The standard InChI is InChI=1S/C16H24FNO/c1-3-15(2)12-16(8-10-18,9-11-19-15)13-4-6-14(17)7-5-13/h4-7H,3,8-12,18H2,1-2H3/p+1/t15-,16+/m1/s1. The van der Waals surface area contributed by atoms with Crippen molar-refractivity contribution in [3.8, 4) is 0 Å². The van der Waals surface area contributed by atoms with E-state index in [1.165, 1.54) is 5.56 Å². The van der Waals surface area contributed by atoms with Gasteiger partial charge in [0.1, 0.15) is 5.82 Å². The van der Waals surface area contributed by atoms with E-state index in [-0.39, 0.29) is 16.8 Å². The van der Waals surface area contributed by atoms with Crippen molar-refractivity contribution in [3.63, 3.8) is 0 Å². The average Bonchev–Trinajstić information content (AvgIpc) is 2.40. The van der Waals surface area contributed by atoms with E-state index in [0.29, 0.717) is 0 Å². The Morgan fingerprint density at radius 2 is 2.00 bits per heavy atom. The second-order valence-electron chi connectivity index (χ2n) is 5.97. The molecule has 1 aromatic rings. The van der Waals surface area contributed by atoms with Gasteiger partial charge in [-0.15, -0.1) is 0 Å². The van der Waals surface area contributed by atoms with Gasteiger partial charge in [0.25, 0.3) is 0 Å². The van der Waals surface area contributed by atoms with Crippen molar-refractivity contribution in [1.82, 2.24) is 0 Å². The molecule has 2 nitrogen and oxygen atoms in total. The van der Waals surface area contributed by atoms with Crippen LogP contribution >= 0.6 is 0 Å². The number of quaternary nitrogens is 1. The predicted molar refractivity (Wildman–Crippen MR) is 74.3 cm³/mol. The monoisotopic (exact) mass is 266 g/mol. The summed E-state index contributed by atoms with van der Waals surface area (Å²) in [6, 6.07) is 7.01. The van der Waals surface area contributed by atoms with Crippen LogP contribution in [0.15, 0.2) is 24.3 Å². The van der Waals surface area contributed by atoms with Crippen molar-refractivity contribution in [2.45, 2.75) is 50.5 Å². The highest BCUT2D eigenvalue weighted by molar-refractivity contribution is 5.27. The van der Waals surface area contributed by atoms with Crippen LogP contribution in [-0.2, 0) is 10.2 Å². The fourth-order valence-electron chi connectivity index (χ4n) is 3.32. The molecule has 19 heavy (non-hydrogen) atoms. The zero-order valence-corrected chi connectivity index (χ0v) is 12.0. The van der Waals surface area contributed by atoms with Crippen LogP contribution in [0.1, 0.15) is 45.1 Å². The minimum Gasteiger partial charge on any atom is -0.375 e. The van der Waals surface area contributed by atoms with E-state index in [9.17, 15) is 4.39 Å². The van der Waals surface area contributed by atoms with Crippen LogP contribution in [0.2, 0.25) is 0 Å². The van der Waals surface area contributed by atoms with Crippen LogP contribution < -0.4 is 5.73 Å². The Morgan fingerprint density at radius 1 is 1.32 bits per heavy atom. The molecule has 0 radical (unpaired) electrons. The van der Waals surface area contributed by atoms with Crippen LogP contribution in [0, 0.1) is 5.82 Å². The highest BCUT2D eigenvalue weighted by atomic mass is 19.1. The lowest BCUT2D eigenvalue weighted by molar-refractivity contribution is -0.372. The summed E-state index contributed by atoms with van der Waals surface area (Å²) in [5.74, 6) is -0.168. The van der Waals surface area contributed by atoms with Crippen molar-refractivity contribution < 1.29 is 14.9 Å². The van der Waals surface area contributed by atoms with Gasteiger partial charge >= 0.3 is 0 Å². The van der Waals surface area contributed by atoms with E-state index < -0.39 is 0 Å². The molecule has 0 spiro atoms. The molecule has 0 amide bonds. The molecule has 0 aliphatic carbocycles. The number of benzene rings is 1. The largest absolute Gasteiger partial charge is 0.375 e. The molecule has 1 fully saturated rings. The van der Waals surface area contributed by atoms with Crippen molar-refractivity contribution in [3.05, 3.63) is 35.6 Å². The molecular weight excluding hydrogens is 241 g/mol. The predicted octanol–water partition coefficient (Wildman–Crippen LogP) is 2.67. The van der Waals surface area contributed by atoms with Gasteiger partial charge < -0.3 is 10.5 Å². The van der Waals surface area contributed by atoms with Gasteiger partial charge in [0.05, 0.1) is 12.1 Å². The lowest BCUT2D eigenvalue weighted by Gasteiger charge is -2.46. The molecule has 3 heteroatoms. The Balaban J connectivity index is 2.34. The number of ether oxygens (including phenoxy) is 1. The van der Waals surface area contributed by atoms with Crippen molar-refractivity contribution in [2.24, 2.45) is 0 Å². The summed E-state index contributed by atoms with van der Waals surface area (Å²) in [5, 5.41) is 0. The highest BCUT2D eigenvalue weighted by Crippen LogP contribution is 2.44. The maximum Gasteiger partial charge on any atom is 0.123 e. The SMILES string of the molecule is CC[C@]1(C)C[C@@](CC[NH3+])(c2ccc(F)cc2)CCO1. The molecule has 3 N–H and O–H groups in total. The quantitative estimate of drug-likeness (QED) is 0.893. The molecule has 1 aliphatic rings. The van der Waals surface area contributed by atoms with Crippen molar-refractivity contribution >= 4 is 0 Å². The maximum atomic E-state index is 13.1. The van der Waals surface area contributed by atoms with E-state index in [2.05, 4.69) is 19.6 Å². The van der Waals surface area contributed by atoms with E-state index >= 15 is 0 Å². The first-order chi connectivity index (χ1) is 9.03. The Morgan fingerprint density at radius 3 is 2.58 bits per heavy atom. The zero-order valence-electron chi connectivity index (χ0n) is 12.0. The minimum atomic E-state index is -0.168. The summed E-state index contributed by atoms with van der Waals surface area (Å²) in [6.45, 7) is 6.04. The number of rotatable bonds is 4. The molecular formula is C16H25FNO+. The van der Waals surface area contributed by atoms with Crippen LogP contribution in [0.4, 0.5) is 4.39 Å². The summed E-state index contributed by atoms with van der Waals surface area (Å²) < 4.78 is 19.1. The molecule has 0 saturated carbocycles. The lowest BCUT2D eigenvalue weighted by Crippen LogP contribution is -2.55. The third kappa shape index (κ3) is 2.98. The van der Waals surface area contributed by atoms with Gasteiger partial charge in [0, 0.05) is 18.4 Å². The molecule has 2 rings (SSSR count). The Kier molecular flexibility index (Phi) is 4.26. The minimum absolute atomic E-state index is 0.0677. The van der Waals surface area contributed by atoms with Gasteiger partial charge in [0.2, 0.25) is 0 Å². The van der Waals surface area contributed by atoms with Gasteiger partial charge in [-0.3, -0.25) is 0 Å². The molecule has 0 bridgehead atoms. The Hall–Kier alpha value is -0.930. The summed E-state index contributed by atoms with van der Waals surface area (Å²) in [7, 11) is 0. The molecule has 1 saturated heterocycles. The first-order valence-electron chi connectivity index (χ1n) is 7.23. The third-order valence-corrected chi connectivity index (χ3v) is 4.60. The van der Waals surface area contributed by atoms with Gasteiger partial charge in [-0.25, -0.2) is 4.39 Å². The van der Waals surface area contributed by atoms with E-state index in [1.807, 2.05) is 12.1 Å². The third-order valence-electron chi connectivity index (χ3n) is 4.60. The maximum absolute atomic E-state index is 13.1. The van der Waals surface area contributed by atoms with E-state index in [0.717, 1.165) is 38.8 Å². The number of halogens is 1. The molecule has 0 unspecified atom stereocenters. The topological polar surface area (TPSA) is 36.9 Å². The van der Waals surface area contributed by atoms with Crippen LogP contribution in [-0.4, -0.2) is 18.8 Å². The summed E-state index contributed by atoms with van der Waals surface area (Å²) in [4.78, 5) is 0. The van der Waals surface area contributed by atoms with Gasteiger partial charge in [-0.2, -0.15) is 0 Å². The molecule has 106 valence electrons. The van der Waals surface area contributed by atoms with E-state index in [4.69, 9.17) is 4.74 Å². The molecule has 2 atom stereocenters. The summed E-state index contributed by atoms with van der Waals surface area (Å²) in [5.41, 5.74) is 5.29. The number of hydrogen-bond donors (Lipinski definition) is 1. The Labute approximate surface area is 115 Å². The second kappa shape index (κ2) is 5.59. The zero-order chi connectivity index (χ0) is 13.9. The van der Waals surface area contributed by atoms with Crippen LogP contribution in [0.25, 0.3) is 0 Å². The van der Waals surface area contributed by atoms with Crippen molar-refractivity contribution in [2.75, 3.05) is 13.2 Å². The van der Waals surface area contributed by atoms with Gasteiger partial charge in [-0.05, 0) is 43.9 Å². The van der Waals surface area contributed by atoms with Crippen molar-refractivity contribution in [1.29, 1.82) is 0 Å². The van der Waals surface area contributed by atoms with Gasteiger partial charge in [-0.1, -0.05) is 19.1 Å². The molecule has 1 heterocycles. The van der Waals surface area contributed by atoms with E-state index in [1.54, 1.807) is 12.1 Å². The van der Waals surface area contributed by atoms with Crippen LogP contribution in [0.3, 0.4) is 0 Å². The molecule has 1 aliphatic heterocycles. The molecule has 1 aromatic carbocycles. The second-order valence-corrected chi connectivity index (χ2v) is 5.97. The van der Waals surface area contributed by atoms with Gasteiger partial charge in [0.15, 0.2) is 0 Å². The smallest absolute Gasteiger partial charge is 0.123 e. The fraction of sp³-hybridized carbons (Fsp3) is 0.625. The molecule has 0 aromatic heterocycles. The first-order valence-corrected chi connectivity index (χ1v) is 7.23. The summed E-state index contributed by atoms with van der Waals surface area (Å²) >= 11 is 0. The normalized spacial score (nSPS) is 31.4. The summed E-state index contributed by atoms with van der Waals surface area (Å²) in [6.07, 6.45) is 4.05.